The van der Waals surface area contributed by atoms with Crippen molar-refractivity contribution < 1.29 is 22.7 Å². The van der Waals surface area contributed by atoms with Crippen molar-refractivity contribution in [1.29, 1.82) is 0 Å². The van der Waals surface area contributed by atoms with Crippen LogP contribution in [0.15, 0.2) is 24.3 Å². The molecular weight excluding hydrogens is 313 g/mol. The fraction of sp³-hybridized carbons (Fsp3) is 0.417. The second-order valence-electron chi connectivity index (χ2n) is 3.92. The van der Waals surface area contributed by atoms with Gasteiger partial charge < -0.3 is 4.74 Å². The molecule has 0 saturated carbocycles. The van der Waals surface area contributed by atoms with Gasteiger partial charge in [0.2, 0.25) is 0 Å². The maximum absolute atomic E-state index is 12.0. The molecule has 0 aromatic heterocycles. The van der Waals surface area contributed by atoms with Crippen molar-refractivity contribution >= 4 is 21.7 Å². The van der Waals surface area contributed by atoms with Crippen molar-refractivity contribution in [3.05, 3.63) is 29.8 Å². The first kappa shape index (κ1) is 15.0. The number of carbonyl (C=O) groups excluding carboxylic acids is 1. The Morgan fingerprint density at radius 2 is 1.78 bits per heavy atom. The first-order valence-corrected chi connectivity index (χ1v) is 6.12. The van der Waals surface area contributed by atoms with Gasteiger partial charge in [-0.2, -0.15) is 0 Å². The van der Waals surface area contributed by atoms with Crippen LogP contribution in [0.5, 0.6) is 5.75 Å². The summed E-state index contributed by atoms with van der Waals surface area (Å²) in [5.74, 6) is -0.423. The largest absolute Gasteiger partial charge is 0.573 e. The summed E-state index contributed by atoms with van der Waals surface area (Å²) >= 11 is 3.25. The van der Waals surface area contributed by atoms with Crippen LogP contribution in [0, 0.1) is 0 Å². The summed E-state index contributed by atoms with van der Waals surface area (Å²) in [6.07, 6.45) is -4.69. The summed E-state index contributed by atoms with van der Waals surface area (Å²) < 4.78 is 39.6. The van der Waals surface area contributed by atoms with E-state index in [0.717, 1.165) is 5.56 Å². The lowest BCUT2D eigenvalue weighted by Gasteiger charge is -2.16. The summed E-state index contributed by atoms with van der Waals surface area (Å²) in [6.45, 7) is 3.28. The second-order valence-corrected chi connectivity index (χ2v) is 4.90. The first-order valence-electron chi connectivity index (χ1n) is 5.21. The molecule has 6 heteroatoms. The zero-order chi connectivity index (χ0) is 13.9. The molecule has 2 unspecified atom stereocenters. The number of alkyl halides is 4. The van der Waals surface area contributed by atoms with E-state index in [1.807, 2.05) is 6.92 Å². The third-order valence-corrected chi connectivity index (χ3v) is 3.90. The molecule has 0 bridgehead atoms. The van der Waals surface area contributed by atoms with Gasteiger partial charge in [0.25, 0.3) is 0 Å². The average molecular weight is 325 g/mol. The molecule has 0 aliphatic carbocycles. The lowest BCUT2D eigenvalue weighted by molar-refractivity contribution is -0.274. The van der Waals surface area contributed by atoms with Crippen LogP contribution >= 0.6 is 15.9 Å². The fourth-order valence-corrected chi connectivity index (χ4v) is 1.80. The van der Waals surface area contributed by atoms with Gasteiger partial charge in [-0.05, 0) is 24.6 Å². The smallest absolute Gasteiger partial charge is 0.406 e. The number of benzene rings is 1. The zero-order valence-electron chi connectivity index (χ0n) is 9.79. The highest BCUT2D eigenvalue weighted by Gasteiger charge is 2.31. The van der Waals surface area contributed by atoms with Crippen molar-refractivity contribution in [3.63, 3.8) is 0 Å². The van der Waals surface area contributed by atoms with Gasteiger partial charge in [-0.3, -0.25) is 4.79 Å². The van der Waals surface area contributed by atoms with Gasteiger partial charge >= 0.3 is 6.36 Å². The van der Waals surface area contributed by atoms with E-state index in [0.29, 0.717) is 0 Å². The highest BCUT2D eigenvalue weighted by Crippen LogP contribution is 2.28. The number of halogens is 4. The van der Waals surface area contributed by atoms with Crippen LogP contribution in [-0.4, -0.2) is 17.0 Å². The average Bonchev–Trinajstić information content (AvgIpc) is 2.26. The van der Waals surface area contributed by atoms with E-state index >= 15 is 0 Å². The molecule has 0 radical (unpaired) electrons. The number of hydrogen-bond acceptors (Lipinski definition) is 2. The molecule has 100 valence electrons. The van der Waals surface area contributed by atoms with Crippen molar-refractivity contribution in [3.8, 4) is 5.75 Å². The number of hydrogen-bond donors (Lipinski definition) is 0. The number of ether oxygens (including phenoxy) is 1. The number of rotatable bonds is 4. The molecule has 0 fully saturated rings. The van der Waals surface area contributed by atoms with Crippen molar-refractivity contribution in [2.75, 3.05) is 0 Å². The van der Waals surface area contributed by atoms with Crippen molar-refractivity contribution in [2.24, 2.45) is 0 Å². The van der Waals surface area contributed by atoms with Crippen LogP contribution in [-0.2, 0) is 4.79 Å². The van der Waals surface area contributed by atoms with Gasteiger partial charge in [-0.1, -0.05) is 35.0 Å². The van der Waals surface area contributed by atoms with Gasteiger partial charge in [-0.25, -0.2) is 0 Å². The summed E-state index contributed by atoms with van der Waals surface area (Å²) in [4.78, 5) is 10.8. The van der Waals surface area contributed by atoms with E-state index in [1.165, 1.54) is 31.2 Å². The quantitative estimate of drug-likeness (QED) is 0.781. The molecule has 0 spiro atoms. The monoisotopic (exact) mass is 324 g/mol. The Balaban J connectivity index is 2.80. The summed E-state index contributed by atoms with van der Waals surface area (Å²) in [5.41, 5.74) is 0.765. The molecule has 18 heavy (non-hydrogen) atoms. The third-order valence-electron chi connectivity index (χ3n) is 2.47. The second kappa shape index (κ2) is 5.73. The predicted molar refractivity (Wildman–Crippen MR) is 64.9 cm³/mol. The maximum Gasteiger partial charge on any atom is 0.573 e. The van der Waals surface area contributed by atoms with Crippen LogP contribution in [0.1, 0.15) is 25.3 Å². The molecule has 1 aromatic carbocycles. The van der Waals surface area contributed by atoms with Crippen LogP contribution in [0.2, 0.25) is 0 Å². The van der Waals surface area contributed by atoms with Crippen LogP contribution in [0.3, 0.4) is 0 Å². The summed E-state index contributed by atoms with van der Waals surface area (Å²) in [7, 11) is 0. The molecule has 2 atom stereocenters. The topological polar surface area (TPSA) is 26.3 Å². The Bertz CT molecular complexity index is 414. The fourth-order valence-electron chi connectivity index (χ4n) is 1.49. The molecule has 0 N–H and O–H groups in total. The molecular formula is C12H12BrF3O2. The number of carbonyl (C=O) groups is 1. The summed E-state index contributed by atoms with van der Waals surface area (Å²) in [6, 6.07) is 5.50. The van der Waals surface area contributed by atoms with Crippen molar-refractivity contribution in [2.45, 2.75) is 31.0 Å². The molecule has 0 aliphatic heterocycles. The SMILES string of the molecule is CC(=O)C(Br)C(C)c1ccc(OC(F)(F)F)cc1. The van der Waals surface area contributed by atoms with Gasteiger partial charge in [0.15, 0.2) is 0 Å². The Kier molecular flexibility index (Phi) is 4.78. The number of Topliss-reactive ketones (excluding diaryl/α,β-unsaturated/α-hetero) is 1. The van der Waals surface area contributed by atoms with Gasteiger partial charge in [0.05, 0.1) is 4.83 Å². The lowest BCUT2D eigenvalue weighted by atomic mass is 9.96. The molecule has 2 nitrogen and oxygen atoms in total. The van der Waals surface area contributed by atoms with E-state index in [-0.39, 0.29) is 22.3 Å². The molecule has 1 aromatic rings. The van der Waals surface area contributed by atoms with Gasteiger partial charge in [0, 0.05) is 5.92 Å². The van der Waals surface area contributed by atoms with E-state index in [1.54, 1.807) is 0 Å². The van der Waals surface area contributed by atoms with E-state index < -0.39 is 6.36 Å². The standard InChI is InChI=1S/C12H12BrF3O2/c1-7(11(13)8(2)17)9-3-5-10(6-4-9)18-12(14,15)16/h3-7,11H,1-2H3. The third kappa shape index (κ3) is 4.33. The van der Waals surface area contributed by atoms with E-state index in [2.05, 4.69) is 20.7 Å². The van der Waals surface area contributed by atoms with Gasteiger partial charge in [-0.15, -0.1) is 13.2 Å². The minimum absolute atomic E-state index is 0.0295. The Hall–Kier alpha value is -1.04. The van der Waals surface area contributed by atoms with Crippen LogP contribution in [0.25, 0.3) is 0 Å². The Morgan fingerprint density at radius 3 is 2.17 bits per heavy atom. The normalized spacial score (nSPS) is 15.0. The highest BCUT2D eigenvalue weighted by molar-refractivity contribution is 9.10. The van der Waals surface area contributed by atoms with Crippen molar-refractivity contribution in [1.82, 2.24) is 0 Å². The van der Waals surface area contributed by atoms with Crippen LogP contribution < -0.4 is 4.74 Å². The van der Waals surface area contributed by atoms with Gasteiger partial charge in [0.1, 0.15) is 11.5 Å². The van der Waals surface area contributed by atoms with Crippen LogP contribution in [0.4, 0.5) is 13.2 Å². The first-order chi connectivity index (χ1) is 8.20. The Labute approximate surface area is 111 Å². The molecule has 0 amide bonds. The lowest BCUT2D eigenvalue weighted by Crippen LogP contribution is -2.18. The molecule has 1 rings (SSSR count). The molecule has 0 saturated heterocycles. The van der Waals surface area contributed by atoms with E-state index in [9.17, 15) is 18.0 Å². The molecule has 0 heterocycles. The summed E-state index contributed by atoms with van der Waals surface area (Å²) in [5, 5.41) is 0. The minimum Gasteiger partial charge on any atom is -0.406 e. The predicted octanol–water partition coefficient (Wildman–Crippen LogP) is 4.04. The minimum atomic E-state index is -4.69. The highest BCUT2D eigenvalue weighted by atomic mass is 79.9. The Morgan fingerprint density at radius 1 is 1.28 bits per heavy atom. The zero-order valence-corrected chi connectivity index (χ0v) is 11.4. The molecule has 0 aliphatic rings. The number of ketones is 1. The maximum atomic E-state index is 12.0. The van der Waals surface area contributed by atoms with E-state index in [4.69, 9.17) is 0 Å².